The Bertz CT molecular complexity index is 1040. The molecule has 1 amide bonds. The third-order valence-electron chi connectivity index (χ3n) is 4.21. The summed E-state index contributed by atoms with van der Waals surface area (Å²) < 4.78 is 40.3. The monoisotopic (exact) mass is 430 g/mol. The molecule has 1 aliphatic heterocycles. The van der Waals surface area contributed by atoms with Gasteiger partial charge in [-0.2, -0.15) is 0 Å². The molecule has 0 bridgehead atoms. The van der Waals surface area contributed by atoms with E-state index < -0.39 is 33.0 Å². The second-order valence-corrected chi connectivity index (χ2v) is 10.00. The molecule has 1 fully saturated rings. The molecule has 3 rings (SSSR count). The van der Waals surface area contributed by atoms with Gasteiger partial charge in [-0.15, -0.1) is 11.3 Å². The highest BCUT2D eigenvalue weighted by molar-refractivity contribution is 7.89. The zero-order chi connectivity index (χ0) is 20.0. The first kappa shape index (κ1) is 19.6. The van der Waals surface area contributed by atoms with E-state index in [0.29, 0.717) is 14.9 Å². The summed E-state index contributed by atoms with van der Waals surface area (Å²) in [6, 6.07) is 7.05. The minimum Gasteiger partial charge on any atom is -0.345 e. The second-order valence-electron chi connectivity index (χ2n) is 6.28. The molecule has 1 aromatic heterocycles. The van der Waals surface area contributed by atoms with E-state index in [1.807, 2.05) is 0 Å². The standard InChI is InChI=1S/C16H16ClFN4O3S2/c1-16(8-27(24,25)22(2)15(19)21-16)10-7-9(3-4-11(10)18)20-14(23)12-5-6-13(17)26-12/h3-7H,8H2,1-2H3,(H2,19,21)(H,20,23)/t16-/m0/s1. The van der Waals surface area contributed by atoms with Crippen molar-refractivity contribution in [2.75, 3.05) is 18.1 Å². The fraction of sp³-hybridized carbons (Fsp3) is 0.250. The Kier molecular flexibility index (Phi) is 4.91. The quantitative estimate of drug-likeness (QED) is 0.696. The number of guanidine groups is 1. The van der Waals surface area contributed by atoms with E-state index in [1.165, 1.54) is 26.1 Å². The minimum atomic E-state index is -3.78. The van der Waals surface area contributed by atoms with Crippen LogP contribution in [0.25, 0.3) is 0 Å². The summed E-state index contributed by atoms with van der Waals surface area (Å²) in [5.74, 6) is -1.85. The summed E-state index contributed by atoms with van der Waals surface area (Å²) >= 11 is 6.93. The number of thiophene rings is 1. The van der Waals surface area contributed by atoms with Crippen LogP contribution < -0.4 is 10.6 Å². The van der Waals surface area contributed by atoms with Gasteiger partial charge in [0, 0.05) is 18.3 Å². The average Bonchev–Trinajstić information content (AvgIpc) is 3.00. The van der Waals surface area contributed by atoms with Crippen LogP contribution in [0.2, 0.25) is 4.34 Å². The summed E-state index contributed by atoms with van der Waals surface area (Å²) in [5, 5.41) is 13.2. The largest absolute Gasteiger partial charge is 0.345 e. The van der Waals surface area contributed by atoms with Gasteiger partial charge in [-0.25, -0.2) is 17.1 Å². The zero-order valence-corrected chi connectivity index (χ0v) is 16.7. The highest BCUT2D eigenvalue weighted by Crippen LogP contribution is 2.32. The number of carbonyl (C=O) groups is 1. The van der Waals surface area contributed by atoms with Crippen LogP contribution in [0, 0.1) is 11.2 Å². The molecule has 1 saturated heterocycles. The van der Waals surface area contributed by atoms with Gasteiger partial charge in [0.05, 0.1) is 20.5 Å². The molecule has 2 aromatic rings. The highest BCUT2D eigenvalue weighted by atomic mass is 35.5. The van der Waals surface area contributed by atoms with Crippen LogP contribution in [0.3, 0.4) is 0 Å². The fourth-order valence-electron chi connectivity index (χ4n) is 2.78. The van der Waals surface area contributed by atoms with Crippen LogP contribution in [-0.4, -0.2) is 37.4 Å². The molecule has 144 valence electrons. The van der Waals surface area contributed by atoms with E-state index in [2.05, 4.69) is 10.6 Å². The molecule has 27 heavy (non-hydrogen) atoms. The Morgan fingerprint density at radius 2 is 2.11 bits per heavy atom. The van der Waals surface area contributed by atoms with Crippen molar-refractivity contribution in [3.63, 3.8) is 0 Å². The van der Waals surface area contributed by atoms with Crippen molar-refractivity contribution >= 4 is 50.5 Å². The molecule has 3 N–H and O–H groups in total. The molecule has 7 nitrogen and oxygen atoms in total. The van der Waals surface area contributed by atoms with E-state index >= 15 is 0 Å². The van der Waals surface area contributed by atoms with Crippen LogP contribution in [-0.2, 0) is 15.6 Å². The van der Waals surface area contributed by atoms with Gasteiger partial charge in [-0.1, -0.05) is 11.6 Å². The lowest BCUT2D eigenvalue weighted by atomic mass is 9.93. The molecule has 0 aliphatic carbocycles. The van der Waals surface area contributed by atoms with Crippen LogP contribution in [0.5, 0.6) is 0 Å². The number of nitrogens with one attached hydrogen (secondary N) is 3. The number of anilines is 1. The smallest absolute Gasteiger partial charge is 0.265 e. The number of hydrogen-bond donors (Lipinski definition) is 3. The number of sulfonamides is 1. The first-order valence-electron chi connectivity index (χ1n) is 7.72. The van der Waals surface area contributed by atoms with E-state index in [4.69, 9.17) is 17.0 Å². The summed E-state index contributed by atoms with van der Waals surface area (Å²) in [7, 11) is -2.53. The molecule has 0 spiro atoms. The lowest BCUT2D eigenvalue weighted by molar-refractivity contribution is 0.103. The molecular weight excluding hydrogens is 415 g/mol. The number of halogens is 2. The first-order chi connectivity index (χ1) is 12.5. The maximum atomic E-state index is 14.5. The summed E-state index contributed by atoms with van der Waals surface area (Å²) in [6.45, 7) is 1.50. The second kappa shape index (κ2) is 6.77. The Labute approximate surface area is 164 Å². The van der Waals surface area contributed by atoms with E-state index in [1.54, 1.807) is 12.1 Å². The van der Waals surface area contributed by atoms with Gasteiger partial charge >= 0.3 is 0 Å². The van der Waals surface area contributed by atoms with E-state index in [-0.39, 0.29) is 11.5 Å². The zero-order valence-electron chi connectivity index (χ0n) is 14.3. The fourth-order valence-corrected chi connectivity index (χ4v) is 5.19. The molecule has 0 radical (unpaired) electrons. The molecule has 1 atom stereocenters. The molecular formula is C16H16ClFN4O3S2. The van der Waals surface area contributed by atoms with E-state index in [0.717, 1.165) is 21.7 Å². The summed E-state index contributed by atoms with van der Waals surface area (Å²) in [4.78, 5) is 12.7. The Morgan fingerprint density at radius 3 is 2.70 bits per heavy atom. The minimum absolute atomic E-state index is 0.0333. The number of hydrogen-bond acceptors (Lipinski definition) is 5. The number of benzene rings is 1. The van der Waals surface area contributed by atoms with Gasteiger partial charge in [0.25, 0.3) is 5.91 Å². The van der Waals surface area contributed by atoms with Crippen molar-refractivity contribution < 1.29 is 17.6 Å². The number of carbonyl (C=O) groups excluding carboxylic acids is 1. The predicted octanol–water partition coefficient (Wildman–Crippen LogP) is 2.81. The van der Waals surface area contributed by atoms with Crippen molar-refractivity contribution in [1.29, 1.82) is 5.41 Å². The molecule has 0 saturated carbocycles. The maximum absolute atomic E-state index is 14.5. The van der Waals surface area contributed by atoms with Crippen molar-refractivity contribution in [3.8, 4) is 0 Å². The number of nitrogens with zero attached hydrogens (tertiary/aromatic N) is 1. The molecule has 11 heteroatoms. The van der Waals surface area contributed by atoms with Gasteiger partial charge in [0.1, 0.15) is 5.82 Å². The Balaban J connectivity index is 1.93. The number of rotatable bonds is 3. The van der Waals surface area contributed by atoms with Gasteiger partial charge in [0.15, 0.2) is 0 Å². The average molecular weight is 431 g/mol. The van der Waals surface area contributed by atoms with E-state index in [9.17, 15) is 17.6 Å². The van der Waals surface area contributed by atoms with Crippen LogP contribution in [0.1, 0.15) is 22.2 Å². The SMILES string of the molecule is CN1C(=N)N[C@](C)(c2cc(NC(=O)c3ccc(Cl)s3)ccc2F)CS1(=O)=O. The summed E-state index contributed by atoms with van der Waals surface area (Å²) in [5.41, 5.74) is -1.03. The third-order valence-corrected chi connectivity index (χ3v) is 7.40. The summed E-state index contributed by atoms with van der Waals surface area (Å²) in [6.07, 6.45) is 0. The topological polar surface area (TPSA) is 102 Å². The van der Waals surface area contributed by atoms with Crippen LogP contribution >= 0.6 is 22.9 Å². The molecule has 0 unspecified atom stereocenters. The lowest BCUT2D eigenvalue weighted by Crippen LogP contribution is -2.61. The van der Waals surface area contributed by atoms with Gasteiger partial charge in [0.2, 0.25) is 16.0 Å². The lowest BCUT2D eigenvalue weighted by Gasteiger charge is -2.40. The number of amides is 1. The van der Waals surface area contributed by atoms with Gasteiger partial charge < -0.3 is 10.6 Å². The Morgan fingerprint density at radius 1 is 1.41 bits per heavy atom. The first-order valence-corrected chi connectivity index (χ1v) is 10.5. The molecule has 1 aromatic carbocycles. The van der Waals surface area contributed by atoms with Gasteiger partial charge in [-0.05, 0) is 37.3 Å². The van der Waals surface area contributed by atoms with Crippen molar-refractivity contribution in [2.24, 2.45) is 0 Å². The predicted molar refractivity (Wildman–Crippen MR) is 103 cm³/mol. The van der Waals surface area contributed by atoms with Crippen molar-refractivity contribution in [2.45, 2.75) is 12.5 Å². The van der Waals surface area contributed by atoms with Crippen molar-refractivity contribution in [3.05, 3.63) is 50.9 Å². The van der Waals surface area contributed by atoms with Crippen LogP contribution in [0.15, 0.2) is 30.3 Å². The maximum Gasteiger partial charge on any atom is 0.265 e. The van der Waals surface area contributed by atoms with Crippen molar-refractivity contribution in [1.82, 2.24) is 9.62 Å². The third kappa shape index (κ3) is 3.78. The molecule has 1 aliphatic rings. The highest BCUT2D eigenvalue weighted by Gasteiger charge is 2.43. The normalized spacial score (nSPS) is 21.6. The van der Waals surface area contributed by atoms with Gasteiger partial charge in [-0.3, -0.25) is 10.2 Å². The van der Waals surface area contributed by atoms with Crippen LogP contribution in [0.4, 0.5) is 10.1 Å². The molecule has 2 heterocycles. The Hall–Kier alpha value is -2.17.